The normalized spacial score (nSPS) is 10.5. The van der Waals surface area contributed by atoms with Crippen LogP contribution in [0.3, 0.4) is 0 Å². The van der Waals surface area contributed by atoms with E-state index in [0.717, 1.165) is 19.2 Å². The van der Waals surface area contributed by atoms with Gasteiger partial charge in [0.05, 0.1) is 17.0 Å². The van der Waals surface area contributed by atoms with Gasteiger partial charge < -0.3 is 14.2 Å². The number of nitro groups is 2. The molecule has 9 heteroatoms. The van der Waals surface area contributed by atoms with E-state index in [2.05, 4.69) is 0 Å². The van der Waals surface area contributed by atoms with Crippen LogP contribution in [-0.2, 0) is 9.47 Å². The minimum Gasteiger partial charge on any atom is -0.485 e. The smallest absolute Gasteiger partial charge is 0.318 e. The SMILES string of the molecule is COc1c([N+](=O)[O-])cc(C(OC)OC)cc1[N+](=O)[O-]. The van der Waals surface area contributed by atoms with Gasteiger partial charge in [0.2, 0.25) is 0 Å². The Morgan fingerprint density at radius 3 is 1.68 bits per heavy atom. The van der Waals surface area contributed by atoms with E-state index in [1.165, 1.54) is 14.2 Å². The van der Waals surface area contributed by atoms with Gasteiger partial charge in [-0.2, -0.15) is 0 Å². The third kappa shape index (κ3) is 2.95. The lowest BCUT2D eigenvalue weighted by atomic mass is 10.1. The molecule has 104 valence electrons. The van der Waals surface area contributed by atoms with Crippen LogP contribution >= 0.6 is 0 Å². The molecule has 0 unspecified atom stereocenters. The van der Waals surface area contributed by atoms with Crippen LogP contribution in [0.1, 0.15) is 11.9 Å². The summed E-state index contributed by atoms with van der Waals surface area (Å²) in [5.41, 5.74) is -0.888. The van der Waals surface area contributed by atoms with Crippen LogP contribution in [0.15, 0.2) is 12.1 Å². The second-order valence-electron chi connectivity index (χ2n) is 3.41. The number of nitrogens with zero attached hydrogens (tertiary/aromatic N) is 2. The van der Waals surface area contributed by atoms with Crippen molar-refractivity contribution in [3.05, 3.63) is 37.9 Å². The van der Waals surface area contributed by atoms with Crippen LogP contribution in [0.5, 0.6) is 5.75 Å². The molecule has 0 fully saturated rings. The fourth-order valence-corrected chi connectivity index (χ4v) is 1.60. The van der Waals surface area contributed by atoms with Crippen molar-refractivity contribution in [1.82, 2.24) is 0 Å². The molecule has 0 N–H and O–H groups in total. The molecule has 0 heterocycles. The molecule has 0 aliphatic heterocycles. The van der Waals surface area contributed by atoms with Crippen molar-refractivity contribution in [3.8, 4) is 5.75 Å². The Morgan fingerprint density at radius 1 is 1.00 bits per heavy atom. The molecule has 19 heavy (non-hydrogen) atoms. The molecule has 0 aliphatic carbocycles. The van der Waals surface area contributed by atoms with E-state index >= 15 is 0 Å². The predicted octanol–water partition coefficient (Wildman–Crippen LogP) is 1.80. The Hall–Kier alpha value is -2.26. The molecule has 1 aromatic rings. The van der Waals surface area contributed by atoms with E-state index < -0.39 is 33.3 Å². The molecule has 0 spiro atoms. The Balaban J connectivity index is 3.53. The van der Waals surface area contributed by atoms with Gasteiger partial charge in [0.25, 0.3) is 5.75 Å². The third-order valence-corrected chi connectivity index (χ3v) is 2.37. The maximum atomic E-state index is 10.9. The molecule has 0 saturated heterocycles. The summed E-state index contributed by atoms with van der Waals surface area (Å²) in [6, 6.07) is 2.23. The van der Waals surface area contributed by atoms with Crippen molar-refractivity contribution in [2.45, 2.75) is 6.29 Å². The van der Waals surface area contributed by atoms with Crippen molar-refractivity contribution in [2.75, 3.05) is 21.3 Å². The van der Waals surface area contributed by atoms with Gasteiger partial charge >= 0.3 is 11.4 Å². The summed E-state index contributed by atoms with van der Waals surface area (Å²) in [7, 11) is 3.76. The van der Waals surface area contributed by atoms with Crippen LogP contribution < -0.4 is 4.74 Å². The highest BCUT2D eigenvalue weighted by molar-refractivity contribution is 5.62. The first-order valence-corrected chi connectivity index (χ1v) is 5.02. The first kappa shape index (κ1) is 14.8. The maximum absolute atomic E-state index is 10.9. The summed E-state index contributed by atoms with van der Waals surface area (Å²) in [5, 5.41) is 21.9. The van der Waals surface area contributed by atoms with Crippen molar-refractivity contribution in [1.29, 1.82) is 0 Å². The zero-order valence-corrected chi connectivity index (χ0v) is 10.5. The average molecular weight is 272 g/mol. The second-order valence-corrected chi connectivity index (χ2v) is 3.41. The first-order chi connectivity index (χ1) is 8.96. The molecule has 0 aliphatic rings. The number of nitro benzene ring substituents is 2. The quantitative estimate of drug-likeness (QED) is 0.440. The number of hydrogen-bond donors (Lipinski definition) is 0. The minimum atomic E-state index is -0.941. The molecule has 0 aromatic heterocycles. The lowest BCUT2D eigenvalue weighted by molar-refractivity contribution is -0.396. The lowest BCUT2D eigenvalue weighted by Crippen LogP contribution is -2.07. The summed E-state index contributed by atoms with van der Waals surface area (Å²) < 4.78 is 14.6. The van der Waals surface area contributed by atoms with Crippen LogP contribution in [0, 0.1) is 20.2 Å². The van der Waals surface area contributed by atoms with Gasteiger partial charge in [-0.3, -0.25) is 20.2 Å². The maximum Gasteiger partial charge on any atom is 0.318 e. The Morgan fingerprint density at radius 2 is 1.42 bits per heavy atom. The van der Waals surface area contributed by atoms with Gasteiger partial charge in [-0.1, -0.05) is 0 Å². The van der Waals surface area contributed by atoms with Crippen LogP contribution in [0.25, 0.3) is 0 Å². The van der Waals surface area contributed by atoms with Crippen molar-refractivity contribution < 1.29 is 24.1 Å². The summed E-state index contributed by atoms with van der Waals surface area (Å²) in [6.45, 7) is 0. The fraction of sp³-hybridized carbons (Fsp3) is 0.400. The van der Waals surface area contributed by atoms with E-state index in [-0.39, 0.29) is 5.56 Å². The Bertz CT molecular complexity index is 464. The summed E-state index contributed by atoms with van der Waals surface area (Å²) in [6.07, 6.45) is -0.941. The number of methoxy groups -OCH3 is 3. The lowest BCUT2D eigenvalue weighted by Gasteiger charge is -2.14. The summed E-state index contributed by atoms with van der Waals surface area (Å²) >= 11 is 0. The van der Waals surface area contributed by atoms with E-state index in [1.54, 1.807) is 0 Å². The van der Waals surface area contributed by atoms with Crippen molar-refractivity contribution in [2.24, 2.45) is 0 Å². The van der Waals surface area contributed by atoms with Crippen molar-refractivity contribution in [3.63, 3.8) is 0 Å². The fourth-order valence-electron chi connectivity index (χ4n) is 1.60. The number of benzene rings is 1. The van der Waals surface area contributed by atoms with Gasteiger partial charge in [-0.15, -0.1) is 0 Å². The highest BCUT2D eigenvalue weighted by atomic mass is 16.7. The minimum absolute atomic E-state index is 0.157. The largest absolute Gasteiger partial charge is 0.485 e. The Labute approximate surface area is 108 Å². The average Bonchev–Trinajstić information content (AvgIpc) is 2.38. The highest BCUT2D eigenvalue weighted by Crippen LogP contribution is 2.39. The molecular weight excluding hydrogens is 260 g/mol. The van der Waals surface area contributed by atoms with Gasteiger partial charge in [0.1, 0.15) is 0 Å². The van der Waals surface area contributed by atoms with Crippen LogP contribution in [0.2, 0.25) is 0 Å². The second kappa shape index (κ2) is 6.07. The van der Waals surface area contributed by atoms with E-state index in [9.17, 15) is 20.2 Å². The van der Waals surface area contributed by atoms with Gasteiger partial charge in [-0.05, 0) is 0 Å². The predicted molar refractivity (Wildman–Crippen MR) is 63.1 cm³/mol. The molecule has 0 bridgehead atoms. The monoisotopic (exact) mass is 272 g/mol. The summed E-state index contributed by atoms with van der Waals surface area (Å²) in [4.78, 5) is 20.3. The third-order valence-electron chi connectivity index (χ3n) is 2.37. The molecule has 0 radical (unpaired) electrons. The van der Waals surface area contributed by atoms with E-state index in [1.807, 2.05) is 0 Å². The van der Waals surface area contributed by atoms with Gasteiger partial charge in [0.15, 0.2) is 6.29 Å². The van der Waals surface area contributed by atoms with E-state index in [0.29, 0.717) is 0 Å². The molecular formula is C10H12N2O7. The Kier molecular flexibility index (Phi) is 4.73. The topological polar surface area (TPSA) is 114 Å². The van der Waals surface area contributed by atoms with Crippen LogP contribution in [-0.4, -0.2) is 31.2 Å². The summed E-state index contributed by atoms with van der Waals surface area (Å²) in [5.74, 6) is -0.412. The standard InChI is InChI=1S/C10H12N2O7/c1-17-9-7(11(13)14)4-6(10(18-2)19-3)5-8(9)12(15)16/h4-5,10H,1-3H3. The van der Waals surface area contributed by atoms with Gasteiger partial charge in [-0.25, -0.2) is 0 Å². The number of ether oxygens (including phenoxy) is 3. The zero-order chi connectivity index (χ0) is 14.6. The van der Waals surface area contributed by atoms with Crippen LogP contribution in [0.4, 0.5) is 11.4 Å². The highest BCUT2D eigenvalue weighted by Gasteiger charge is 2.29. The van der Waals surface area contributed by atoms with Gasteiger partial charge in [0, 0.05) is 31.9 Å². The molecule has 0 atom stereocenters. The number of rotatable bonds is 6. The zero-order valence-electron chi connectivity index (χ0n) is 10.5. The molecule has 9 nitrogen and oxygen atoms in total. The van der Waals surface area contributed by atoms with E-state index in [4.69, 9.17) is 14.2 Å². The first-order valence-electron chi connectivity index (χ1n) is 5.02. The molecule has 0 amide bonds. The molecule has 0 saturated carbocycles. The molecule has 1 rings (SSSR count). The van der Waals surface area contributed by atoms with Crippen molar-refractivity contribution >= 4 is 11.4 Å². The number of hydrogen-bond acceptors (Lipinski definition) is 7. The molecule has 1 aromatic carbocycles.